The van der Waals surface area contributed by atoms with Gasteiger partial charge in [0.15, 0.2) is 0 Å². The first-order chi connectivity index (χ1) is 8.08. The number of carbonyl (C=O) groups is 1. The van der Waals surface area contributed by atoms with Gasteiger partial charge in [0.2, 0.25) is 0 Å². The number of benzene rings is 1. The van der Waals surface area contributed by atoms with Crippen molar-refractivity contribution in [1.29, 1.82) is 0 Å². The molecule has 0 aliphatic carbocycles. The van der Waals surface area contributed by atoms with Crippen LogP contribution >= 0.6 is 0 Å². The fourth-order valence-corrected chi connectivity index (χ4v) is 2.02. The predicted molar refractivity (Wildman–Crippen MR) is 63.8 cm³/mol. The van der Waals surface area contributed by atoms with E-state index in [0.717, 1.165) is 16.7 Å². The Labute approximate surface area is 101 Å². The van der Waals surface area contributed by atoms with Crippen LogP contribution in [0.5, 0.6) is 0 Å². The Kier molecular flexibility index (Phi) is 3.33. The summed E-state index contributed by atoms with van der Waals surface area (Å²) in [6, 6.07) is 5.95. The molecule has 0 aromatic heterocycles. The number of hydrogen-bond acceptors (Lipinski definition) is 3. The number of hydrogen-bond donors (Lipinski definition) is 1. The van der Waals surface area contributed by atoms with Crippen LogP contribution in [0.4, 0.5) is 4.79 Å². The molecule has 2 rings (SSSR count). The average Bonchev–Trinajstić information content (AvgIpc) is 2.68. The molecule has 92 valence electrons. The minimum Gasteiger partial charge on any atom is -0.448 e. The van der Waals surface area contributed by atoms with E-state index < -0.39 is 6.10 Å². The summed E-state index contributed by atoms with van der Waals surface area (Å²) in [4.78, 5) is 12.8. The highest BCUT2D eigenvalue weighted by molar-refractivity contribution is 5.69. The number of aliphatic hydroxyl groups excluding tert-OH is 1. The van der Waals surface area contributed by atoms with Gasteiger partial charge in [-0.3, -0.25) is 0 Å². The monoisotopic (exact) mass is 235 g/mol. The summed E-state index contributed by atoms with van der Waals surface area (Å²) in [5.41, 5.74) is 3.02. The Morgan fingerprint density at radius 2 is 2.24 bits per heavy atom. The number of rotatable bonds is 3. The molecule has 1 fully saturated rings. The van der Waals surface area contributed by atoms with Gasteiger partial charge in [0.25, 0.3) is 0 Å². The van der Waals surface area contributed by atoms with Gasteiger partial charge in [-0.25, -0.2) is 4.79 Å². The third-order valence-electron chi connectivity index (χ3n) is 3.03. The topological polar surface area (TPSA) is 49.8 Å². The van der Waals surface area contributed by atoms with Crippen molar-refractivity contribution in [3.63, 3.8) is 0 Å². The summed E-state index contributed by atoms with van der Waals surface area (Å²) >= 11 is 0. The van der Waals surface area contributed by atoms with E-state index in [1.165, 1.54) is 4.90 Å². The quantitative estimate of drug-likeness (QED) is 0.869. The van der Waals surface area contributed by atoms with Gasteiger partial charge in [-0.1, -0.05) is 23.8 Å². The summed E-state index contributed by atoms with van der Waals surface area (Å²) in [6.07, 6.45) is -0.991. The second kappa shape index (κ2) is 4.75. The number of nitrogens with zero attached hydrogens (tertiary/aromatic N) is 1. The molecule has 0 radical (unpaired) electrons. The molecule has 4 heteroatoms. The molecule has 0 bridgehead atoms. The van der Waals surface area contributed by atoms with Crippen LogP contribution in [0.25, 0.3) is 0 Å². The molecule has 1 heterocycles. The number of β-amino-alcohol motifs (C(OH)–C–C–N with tert-alkyl or cyclic N) is 1. The lowest BCUT2D eigenvalue weighted by atomic mass is 10.0. The maximum atomic E-state index is 11.3. The fourth-order valence-electron chi connectivity index (χ4n) is 2.02. The van der Waals surface area contributed by atoms with Gasteiger partial charge >= 0.3 is 6.09 Å². The zero-order chi connectivity index (χ0) is 12.4. The highest BCUT2D eigenvalue weighted by Gasteiger charge is 2.25. The number of ether oxygens (including phenoxy) is 1. The van der Waals surface area contributed by atoms with Gasteiger partial charge in [0.05, 0.1) is 19.2 Å². The van der Waals surface area contributed by atoms with Crippen molar-refractivity contribution < 1.29 is 14.6 Å². The van der Waals surface area contributed by atoms with E-state index >= 15 is 0 Å². The Balaban J connectivity index is 2.11. The third kappa shape index (κ3) is 2.58. The van der Waals surface area contributed by atoms with Gasteiger partial charge in [-0.15, -0.1) is 0 Å². The summed E-state index contributed by atoms with van der Waals surface area (Å²) in [5.74, 6) is 0. The molecule has 4 nitrogen and oxygen atoms in total. The molecule has 1 unspecified atom stereocenters. The van der Waals surface area contributed by atoms with Crippen LogP contribution in [0.2, 0.25) is 0 Å². The van der Waals surface area contributed by atoms with Crippen molar-refractivity contribution in [2.24, 2.45) is 0 Å². The summed E-state index contributed by atoms with van der Waals surface area (Å²) in [7, 11) is 0. The highest BCUT2D eigenvalue weighted by Crippen LogP contribution is 2.21. The second-order valence-corrected chi connectivity index (χ2v) is 4.44. The van der Waals surface area contributed by atoms with Gasteiger partial charge in [-0.05, 0) is 25.0 Å². The van der Waals surface area contributed by atoms with Gasteiger partial charge < -0.3 is 14.7 Å². The number of carbonyl (C=O) groups excluding carboxylic acids is 1. The SMILES string of the molecule is Cc1ccc(C)c(C(O)CN2CCOC2=O)c1. The smallest absolute Gasteiger partial charge is 0.410 e. The molecular formula is C13H17NO3. The molecule has 17 heavy (non-hydrogen) atoms. The van der Waals surface area contributed by atoms with Crippen LogP contribution in [-0.2, 0) is 4.74 Å². The van der Waals surface area contributed by atoms with E-state index in [-0.39, 0.29) is 6.09 Å². The molecule has 1 aromatic carbocycles. The van der Waals surface area contributed by atoms with Gasteiger partial charge in [0.1, 0.15) is 6.61 Å². The predicted octanol–water partition coefficient (Wildman–Crippen LogP) is 1.79. The van der Waals surface area contributed by atoms with Crippen molar-refractivity contribution in [2.75, 3.05) is 19.7 Å². The van der Waals surface area contributed by atoms with Crippen LogP contribution in [0, 0.1) is 13.8 Å². The lowest BCUT2D eigenvalue weighted by Crippen LogP contribution is -2.29. The molecule has 0 saturated carbocycles. The van der Waals surface area contributed by atoms with Crippen molar-refractivity contribution in [2.45, 2.75) is 20.0 Å². The lowest BCUT2D eigenvalue weighted by molar-refractivity contribution is 0.118. The van der Waals surface area contributed by atoms with Gasteiger partial charge in [-0.2, -0.15) is 0 Å². The maximum Gasteiger partial charge on any atom is 0.410 e. The largest absolute Gasteiger partial charge is 0.448 e. The van der Waals surface area contributed by atoms with E-state index in [2.05, 4.69) is 0 Å². The van der Waals surface area contributed by atoms with E-state index in [9.17, 15) is 9.90 Å². The first-order valence-corrected chi connectivity index (χ1v) is 5.75. The fraction of sp³-hybridized carbons (Fsp3) is 0.462. The van der Waals surface area contributed by atoms with E-state index in [1.54, 1.807) is 0 Å². The standard InChI is InChI=1S/C13H17NO3/c1-9-3-4-10(2)11(7-9)12(15)8-14-5-6-17-13(14)16/h3-4,7,12,15H,5-6,8H2,1-2H3. The van der Waals surface area contributed by atoms with E-state index in [1.807, 2.05) is 32.0 Å². The summed E-state index contributed by atoms with van der Waals surface area (Å²) in [5, 5.41) is 10.2. The maximum absolute atomic E-state index is 11.3. The number of aliphatic hydroxyl groups is 1. The lowest BCUT2D eigenvalue weighted by Gasteiger charge is -2.19. The first kappa shape index (κ1) is 11.9. The molecule has 1 saturated heterocycles. The molecule has 1 aromatic rings. The van der Waals surface area contributed by atoms with E-state index in [4.69, 9.17) is 4.74 Å². The van der Waals surface area contributed by atoms with Crippen molar-refractivity contribution in [1.82, 2.24) is 4.90 Å². The first-order valence-electron chi connectivity index (χ1n) is 5.75. The number of aryl methyl sites for hydroxylation is 2. The second-order valence-electron chi connectivity index (χ2n) is 4.44. The Morgan fingerprint density at radius 1 is 1.47 bits per heavy atom. The molecule has 0 spiro atoms. The summed E-state index contributed by atoms with van der Waals surface area (Å²) < 4.78 is 4.83. The number of cyclic esters (lactones) is 1. The van der Waals surface area contributed by atoms with Crippen LogP contribution < -0.4 is 0 Å². The Morgan fingerprint density at radius 3 is 2.88 bits per heavy atom. The minimum absolute atomic E-state index is 0.295. The Hall–Kier alpha value is -1.55. The highest BCUT2D eigenvalue weighted by atomic mass is 16.6. The van der Waals surface area contributed by atoms with Crippen LogP contribution in [0.1, 0.15) is 22.8 Å². The van der Waals surface area contributed by atoms with E-state index in [0.29, 0.717) is 19.7 Å². The zero-order valence-corrected chi connectivity index (χ0v) is 10.1. The molecule has 1 atom stereocenters. The van der Waals surface area contributed by atoms with Crippen LogP contribution in [0.3, 0.4) is 0 Å². The molecule has 1 aliphatic rings. The van der Waals surface area contributed by atoms with Crippen molar-refractivity contribution in [3.8, 4) is 0 Å². The normalized spacial score (nSPS) is 17.1. The Bertz CT molecular complexity index is 431. The minimum atomic E-state index is -0.652. The molecule has 1 aliphatic heterocycles. The molecule has 1 N–H and O–H groups in total. The van der Waals surface area contributed by atoms with Crippen molar-refractivity contribution in [3.05, 3.63) is 34.9 Å². The summed E-state index contributed by atoms with van der Waals surface area (Å²) in [6.45, 7) is 5.21. The van der Waals surface area contributed by atoms with Gasteiger partial charge in [0, 0.05) is 0 Å². The zero-order valence-electron chi connectivity index (χ0n) is 10.1. The molecular weight excluding hydrogens is 218 g/mol. The van der Waals surface area contributed by atoms with Crippen LogP contribution in [0.15, 0.2) is 18.2 Å². The molecule has 1 amide bonds. The number of amides is 1. The third-order valence-corrected chi connectivity index (χ3v) is 3.03. The van der Waals surface area contributed by atoms with Crippen LogP contribution in [-0.4, -0.2) is 35.8 Å². The average molecular weight is 235 g/mol. The van der Waals surface area contributed by atoms with Crippen molar-refractivity contribution >= 4 is 6.09 Å².